The van der Waals surface area contributed by atoms with Crippen LogP contribution in [0.1, 0.15) is 40.3 Å². The van der Waals surface area contributed by atoms with Gasteiger partial charge in [-0.1, -0.05) is 24.3 Å². The van der Waals surface area contributed by atoms with Crippen molar-refractivity contribution in [2.75, 3.05) is 7.05 Å². The summed E-state index contributed by atoms with van der Waals surface area (Å²) in [6, 6.07) is 13.5. The second-order valence-corrected chi connectivity index (χ2v) is 5.95. The Kier molecular flexibility index (Phi) is 3.98. The molecule has 0 spiro atoms. The molecule has 0 radical (unpaired) electrons. The molecule has 1 atom stereocenters. The third-order valence-electron chi connectivity index (χ3n) is 4.52. The van der Waals surface area contributed by atoms with E-state index >= 15 is 0 Å². The Labute approximate surface area is 127 Å². The molecule has 0 bridgehead atoms. The zero-order chi connectivity index (χ0) is 14.8. The van der Waals surface area contributed by atoms with Gasteiger partial charge in [0.1, 0.15) is 12.4 Å². The third kappa shape index (κ3) is 2.96. The Morgan fingerprint density at radius 1 is 1.10 bits per heavy atom. The minimum Gasteiger partial charge on any atom is -0.489 e. The summed E-state index contributed by atoms with van der Waals surface area (Å²) in [5.74, 6) is 0.976. The van der Waals surface area contributed by atoms with Gasteiger partial charge < -0.3 is 10.1 Å². The molecule has 1 aliphatic rings. The van der Waals surface area contributed by atoms with Crippen molar-refractivity contribution in [2.24, 2.45) is 0 Å². The van der Waals surface area contributed by atoms with Gasteiger partial charge in [-0.3, -0.25) is 0 Å². The lowest BCUT2D eigenvalue weighted by Crippen LogP contribution is -2.12. The van der Waals surface area contributed by atoms with Crippen LogP contribution in [-0.4, -0.2) is 7.05 Å². The van der Waals surface area contributed by atoms with Crippen molar-refractivity contribution in [3.63, 3.8) is 0 Å². The van der Waals surface area contributed by atoms with Crippen LogP contribution < -0.4 is 10.1 Å². The minimum atomic E-state index is 0.508. The lowest BCUT2D eigenvalue weighted by atomic mass is 10.1. The minimum absolute atomic E-state index is 0.508. The number of hydrogen-bond acceptors (Lipinski definition) is 2. The lowest BCUT2D eigenvalue weighted by Gasteiger charge is -2.12. The van der Waals surface area contributed by atoms with Crippen LogP contribution in [0, 0.1) is 13.8 Å². The van der Waals surface area contributed by atoms with E-state index in [9.17, 15) is 0 Å². The molecule has 0 aromatic heterocycles. The zero-order valence-electron chi connectivity index (χ0n) is 13.1. The van der Waals surface area contributed by atoms with E-state index in [2.05, 4.69) is 55.6 Å². The molecule has 3 rings (SSSR count). The van der Waals surface area contributed by atoms with Crippen LogP contribution in [-0.2, 0) is 13.0 Å². The molecule has 1 aliphatic carbocycles. The van der Waals surface area contributed by atoms with Crippen molar-refractivity contribution < 1.29 is 4.74 Å². The Morgan fingerprint density at radius 2 is 1.95 bits per heavy atom. The van der Waals surface area contributed by atoms with E-state index in [1.54, 1.807) is 0 Å². The first-order valence-corrected chi connectivity index (χ1v) is 7.66. The third-order valence-corrected chi connectivity index (χ3v) is 4.52. The number of fused-ring (bicyclic) bond motifs is 1. The molecular weight excluding hydrogens is 258 g/mol. The summed E-state index contributed by atoms with van der Waals surface area (Å²) >= 11 is 0. The molecule has 21 heavy (non-hydrogen) atoms. The molecule has 0 saturated heterocycles. The number of benzene rings is 2. The van der Waals surface area contributed by atoms with E-state index in [1.165, 1.54) is 34.2 Å². The molecule has 1 N–H and O–H groups in total. The first-order chi connectivity index (χ1) is 10.2. The van der Waals surface area contributed by atoms with Crippen molar-refractivity contribution in [3.05, 3.63) is 64.2 Å². The summed E-state index contributed by atoms with van der Waals surface area (Å²) in [5.41, 5.74) is 6.73. The smallest absolute Gasteiger partial charge is 0.120 e. The fourth-order valence-corrected chi connectivity index (χ4v) is 3.04. The highest BCUT2D eigenvalue weighted by Gasteiger charge is 2.20. The number of hydrogen-bond donors (Lipinski definition) is 1. The van der Waals surface area contributed by atoms with Crippen molar-refractivity contribution in [3.8, 4) is 5.75 Å². The van der Waals surface area contributed by atoms with Crippen molar-refractivity contribution >= 4 is 0 Å². The molecule has 2 nitrogen and oxygen atoms in total. The molecule has 2 aromatic carbocycles. The van der Waals surface area contributed by atoms with Gasteiger partial charge in [-0.2, -0.15) is 0 Å². The van der Waals surface area contributed by atoms with Crippen LogP contribution in [0.15, 0.2) is 36.4 Å². The number of aryl methyl sites for hydroxylation is 3. The quantitative estimate of drug-likeness (QED) is 0.911. The normalized spacial score (nSPS) is 16.8. The van der Waals surface area contributed by atoms with Crippen molar-refractivity contribution in [1.82, 2.24) is 5.32 Å². The molecule has 1 unspecified atom stereocenters. The molecule has 0 saturated carbocycles. The fourth-order valence-electron chi connectivity index (χ4n) is 3.04. The first kappa shape index (κ1) is 14.2. The summed E-state index contributed by atoms with van der Waals surface area (Å²) in [6.45, 7) is 4.92. The monoisotopic (exact) mass is 281 g/mol. The van der Waals surface area contributed by atoms with E-state index in [-0.39, 0.29) is 0 Å². The average Bonchev–Trinajstić information content (AvgIpc) is 2.90. The van der Waals surface area contributed by atoms with Crippen LogP contribution in [0.3, 0.4) is 0 Å². The fraction of sp³-hybridized carbons (Fsp3) is 0.368. The van der Waals surface area contributed by atoms with Gasteiger partial charge in [0.15, 0.2) is 0 Å². The Bertz CT molecular complexity index is 648. The topological polar surface area (TPSA) is 21.3 Å². The van der Waals surface area contributed by atoms with E-state index < -0.39 is 0 Å². The van der Waals surface area contributed by atoms with Gasteiger partial charge in [0.25, 0.3) is 0 Å². The van der Waals surface area contributed by atoms with E-state index in [0.717, 1.165) is 12.2 Å². The van der Waals surface area contributed by atoms with Crippen molar-refractivity contribution in [1.29, 1.82) is 0 Å². The maximum atomic E-state index is 5.96. The Balaban J connectivity index is 1.70. The SMILES string of the molecule is CNC1CCc2cc(OCc3ccc(C)c(C)c3)ccc21. The van der Waals surface area contributed by atoms with Gasteiger partial charge in [0.2, 0.25) is 0 Å². The van der Waals surface area contributed by atoms with Gasteiger partial charge in [-0.05, 0) is 73.7 Å². The maximum absolute atomic E-state index is 5.96. The second kappa shape index (κ2) is 5.90. The largest absolute Gasteiger partial charge is 0.489 e. The van der Waals surface area contributed by atoms with Crippen LogP contribution in [0.4, 0.5) is 0 Å². The summed E-state index contributed by atoms with van der Waals surface area (Å²) in [6.07, 6.45) is 2.33. The Hall–Kier alpha value is -1.80. The predicted octanol–water partition coefficient (Wildman–Crippen LogP) is 4.09. The molecule has 0 aliphatic heterocycles. The van der Waals surface area contributed by atoms with Gasteiger partial charge in [0, 0.05) is 6.04 Å². The number of nitrogens with one attached hydrogen (secondary N) is 1. The zero-order valence-corrected chi connectivity index (χ0v) is 13.1. The molecule has 0 amide bonds. The maximum Gasteiger partial charge on any atom is 0.120 e. The van der Waals surface area contributed by atoms with Crippen molar-refractivity contribution in [2.45, 2.75) is 39.3 Å². The lowest BCUT2D eigenvalue weighted by molar-refractivity contribution is 0.306. The van der Waals surface area contributed by atoms with E-state index in [0.29, 0.717) is 12.6 Å². The number of rotatable bonds is 4. The van der Waals surface area contributed by atoms with Gasteiger partial charge in [-0.15, -0.1) is 0 Å². The second-order valence-electron chi connectivity index (χ2n) is 5.95. The average molecular weight is 281 g/mol. The highest BCUT2D eigenvalue weighted by atomic mass is 16.5. The highest BCUT2D eigenvalue weighted by molar-refractivity contribution is 5.41. The summed E-state index contributed by atoms with van der Waals surface area (Å²) < 4.78 is 5.96. The van der Waals surface area contributed by atoms with Crippen LogP contribution in [0.25, 0.3) is 0 Å². The van der Waals surface area contributed by atoms with E-state index in [4.69, 9.17) is 4.74 Å². The molecule has 110 valence electrons. The molecule has 2 heteroatoms. The first-order valence-electron chi connectivity index (χ1n) is 7.66. The predicted molar refractivity (Wildman–Crippen MR) is 86.8 cm³/mol. The van der Waals surface area contributed by atoms with E-state index in [1.807, 2.05) is 7.05 Å². The molecule has 0 fully saturated rings. The summed E-state index contributed by atoms with van der Waals surface area (Å²) in [7, 11) is 2.03. The van der Waals surface area contributed by atoms with Gasteiger partial charge in [0.05, 0.1) is 0 Å². The van der Waals surface area contributed by atoms with Crippen LogP contribution >= 0.6 is 0 Å². The van der Waals surface area contributed by atoms with Gasteiger partial charge >= 0.3 is 0 Å². The summed E-state index contributed by atoms with van der Waals surface area (Å²) in [4.78, 5) is 0. The van der Waals surface area contributed by atoms with Gasteiger partial charge in [-0.25, -0.2) is 0 Å². The number of ether oxygens (including phenoxy) is 1. The molecular formula is C19H23NO. The van der Waals surface area contributed by atoms with Crippen LogP contribution in [0.2, 0.25) is 0 Å². The Morgan fingerprint density at radius 3 is 2.71 bits per heavy atom. The standard InChI is InChI=1S/C19H23NO/c1-13-4-5-15(10-14(13)2)12-21-17-7-8-18-16(11-17)6-9-19(18)20-3/h4-5,7-8,10-11,19-20H,6,9,12H2,1-3H3. The molecule has 2 aromatic rings. The highest BCUT2D eigenvalue weighted by Crippen LogP contribution is 2.33. The van der Waals surface area contributed by atoms with Crippen LogP contribution in [0.5, 0.6) is 5.75 Å². The summed E-state index contributed by atoms with van der Waals surface area (Å²) in [5, 5.41) is 3.37. The molecule has 0 heterocycles.